The molecule has 0 saturated carbocycles. The Morgan fingerprint density at radius 3 is 2.80 bits per heavy atom. The zero-order chi connectivity index (χ0) is 14.4. The smallest absolute Gasteiger partial charge is 0.178 e. The average molecular weight is 297 g/mol. The molecule has 1 aromatic rings. The largest absolute Gasteiger partial charge is 0.383 e. The Morgan fingerprint density at radius 1 is 1.20 bits per heavy atom. The van der Waals surface area contributed by atoms with Gasteiger partial charge in [0, 0.05) is 13.7 Å². The molecule has 0 saturated heterocycles. The number of sulfone groups is 1. The number of hydrogen-bond acceptors (Lipinski definition) is 4. The van der Waals surface area contributed by atoms with Crippen molar-refractivity contribution in [3.05, 3.63) is 29.3 Å². The number of nitrogens with one attached hydrogen (secondary N) is 1. The highest BCUT2D eigenvalue weighted by Gasteiger charge is 2.18. The number of benzene rings is 1. The third kappa shape index (κ3) is 4.04. The maximum Gasteiger partial charge on any atom is 0.178 e. The van der Waals surface area contributed by atoms with Gasteiger partial charge in [0.1, 0.15) is 0 Å². The Morgan fingerprint density at radius 2 is 2.00 bits per heavy atom. The van der Waals surface area contributed by atoms with Crippen LogP contribution in [0, 0.1) is 0 Å². The van der Waals surface area contributed by atoms with E-state index in [1.807, 2.05) is 12.1 Å². The van der Waals surface area contributed by atoms with Crippen molar-refractivity contribution in [3.8, 4) is 0 Å². The molecule has 0 fully saturated rings. The van der Waals surface area contributed by atoms with Crippen LogP contribution in [0.15, 0.2) is 23.1 Å². The molecule has 0 spiro atoms. The second-order valence-electron chi connectivity index (χ2n) is 5.20. The SMILES string of the molecule is COCCNCCCS(=O)(=O)c1ccc2c(c1)CCC2. The van der Waals surface area contributed by atoms with Gasteiger partial charge in [-0.1, -0.05) is 6.07 Å². The van der Waals surface area contributed by atoms with Gasteiger partial charge in [-0.05, 0) is 55.5 Å². The molecule has 1 aliphatic carbocycles. The quantitative estimate of drug-likeness (QED) is 0.740. The van der Waals surface area contributed by atoms with E-state index in [2.05, 4.69) is 5.32 Å². The highest BCUT2D eigenvalue weighted by Crippen LogP contribution is 2.25. The van der Waals surface area contributed by atoms with E-state index in [1.165, 1.54) is 11.1 Å². The van der Waals surface area contributed by atoms with Gasteiger partial charge < -0.3 is 10.1 Å². The summed E-state index contributed by atoms with van der Waals surface area (Å²) in [6, 6.07) is 5.61. The molecule has 0 amide bonds. The van der Waals surface area contributed by atoms with Gasteiger partial charge in [0.2, 0.25) is 0 Å². The zero-order valence-electron chi connectivity index (χ0n) is 12.0. The minimum absolute atomic E-state index is 0.200. The van der Waals surface area contributed by atoms with Gasteiger partial charge in [0.15, 0.2) is 9.84 Å². The van der Waals surface area contributed by atoms with Crippen molar-refractivity contribution < 1.29 is 13.2 Å². The standard InChI is InChI=1S/C15H23NO3S/c1-19-10-9-16-8-3-11-20(17,18)15-7-6-13-4-2-5-14(13)12-15/h6-7,12,16H,2-5,8-11H2,1H3. The summed E-state index contributed by atoms with van der Waals surface area (Å²) in [7, 11) is -1.49. The molecule has 20 heavy (non-hydrogen) atoms. The summed E-state index contributed by atoms with van der Waals surface area (Å²) in [4.78, 5) is 0.482. The van der Waals surface area contributed by atoms with E-state index in [9.17, 15) is 8.42 Å². The Hall–Kier alpha value is -0.910. The zero-order valence-corrected chi connectivity index (χ0v) is 12.8. The van der Waals surface area contributed by atoms with Crippen molar-refractivity contribution in [2.45, 2.75) is 30.6 Å². The van der Waals surface area contributed by atoms with E-state index >= 15 is 0 Å². The van der Waals surface area contributed by atoms with Crippen LogP contribution < -0.4 is 5.32 Å². The summed E-state index contributed by atoms with van der Waals surface area (Å²) in [5.74, 6) is 0.200. The summed E-state index contributed by atoms with van der Waals surface area (Å²) < 4.78 is 29.5. The molecular weight excluding hydrogens is 274 g/mol. The molecule has 4 nitrogen and oxygen atoms in total. The van der Waals surface area contributed by atoms with Gasteiger partial charge >= 0.3 is 0 Å². The maximum atomic E-state index is 12.3. The van der Waals surface area contributed by atoms with Gasteiger partial charge in [0.05, 0.1) is 17.3 Å². The lowest BCUT2D eigenvalue weighted by atomic mass is 10.1. The molecule has 0 aliphatic heterocycles. The molecule has 0 unspecified atom stereocenters. The van der Waals surface area contributed by atoms with Crippen LogP contribution in [-0.2, 0) is 27.4 Å². The predicted molar refractivity (Wildman–Crippen MR) is 79.9 cm³/mol. The molecule has 0 radical (unpaired) electrons. The fourth-order valence-electron chi connectivity index (χ4n) is 2.55. The van der Waals surface area contributed by atoms with Crippen molar-refractivity contribution in [3.63, 3.8) is 0 Å². The lowest BCUT2D eigenvalue weighted by molar-refractivity contribution is 0.199. The van der Waals surface area contributed by atoms with Crippen LogP contribution in [0.25, 0.3) is 0 Å². The van der Waals surface area contributed by atoms with E-state index in [0.29, 0.717) is 24.5 Å². The van der Waals surface area contributed by atoms with E-state index < -0.39 is 9.84 Å². The number of rotatable bonds is 8. The van der Waals surface area contributed by atoms with Crippen LogP contribution >= 0.6 is 0 Å². The lowest BCUT2D eigenvalue weighted by Crippen LogP contribution is -2.22. The van der Waals surface area contributed by atoms with Crippen LogP contribution in [0.5, 0.6) is 0 Å². The number of methoxy groups -OCH3 is 1. The second-order valence-corrected chi connectivity index (χ2v) is 7.31. The molecule has 112 valence electrons. The molecule has 1 aromatic carbocycles. The summed E-state index contributed by atoms with van der Waals surface area (Å²) in [6.07, 6.45) is 3.86. The molecule has 1 N–H and O–H groups in total. The van der Waals surface area contributed by atoms with Crippen LogP contribution in [0.3, 0.4) is 0 Å². The van der Waals surface area contributed by atoms with Crippen molar-refractivity contribution in [1.29, 1.82) is 0 Å². The average Bonchev–Trinajstić information content (AvgIpc) is 2.90. The monoisotopic (exact) mass is 297 g/mol. The van der Waals surface area contributed by atoms with Crippen LogP contribution in [0.4, 0.5) is 0 Å². The number of aryl methyl sites for hydroxylation is 2. The summed E-state index contributed by atoms with van der Waals surface area (Å²) in [5.41, 5.74) is 2.52. The van der Waals surface area contributed by atoms with Gasteiger partial charge in [-0.3, -0.25) is 0 Å². The number of ether oxygens (including phenoxy) is 1. The van der Waals surface area contributed by atoms with Crippen molar-refractivity contribution >= 4 is 9.84 Å². The minimum Gasteiger partial charge on any atom is -0.383 e. The molecule has 0 bridgehead atoms. The normalized spacial score (nSPS) is 14.4. The first-order valence-electron chi connectivity index (χ1n) is 7.18. The Bertz CT molecular complexity index is 540. The van der Waals surface area contributed by atoms with Gasteiger partial charge in [0.25, 0.3) is 0 Å². The Labute approximate surface area is 121 Å². The third-order valence-electron chi connectivity index (χ3n) is 3.68. The first-order valence-corrected chi connectivity index (χ1v) is 8.83. The highest BCUT2D eigenvalue weighted by molar-refractivity contribution is 7.91. The second kappa shape index (κ2) is 7.20. The number of hydrogen-bond donors (Lipinski definition) is 1. The summed E-state index contributed by atoms with van der Waals surface area (Å²) >= 11 is 0. The Balaban J connectivity index is 1.87. The highest BCUT2D eigenvalue weighted by atomic mass is 32.2. The van der Waals surface area contributed by atoms with E-state index in [1.54, 1.807) is 13.2 Å². The van der Waals surface area contributed by atoms with Gasteiger partial charge in [-0.2, -0.15) is 0 Å². The fraction of sp³-hybridized carbons (Fsp3) is 0.600. The molecule has 0 atom stereocenters. The van der Waals surface area contributed by atoms with Crippen LogP contribution in [0.1, 0.15) is 24.0 Å². The van der Waals surface area contributed by atoms with Crippen molar-refractivity contribution in [2.75, 3.05) is 32.6 Å². The first kappa shape index (κ1) is 15.5. The molecule has 2 rings (SSSR count). The van der Waals surface area contributed by atoms with Crippen LogP contribution in [-0.4, -0.2) is 41.0 Å². The Kier molecular flexibility index (Phi) is 5.57. The third-order valence-corrected chi connectivity index (χ3v) is 5.48. The molecule has 1 aliphatic rings. The van der Waals surface area contributed by atoms with Gasteiger partial charge in [-0.15, -0.1) is 0 Å². The van der Waals surface area contributed by atoms with Crippen LogP contribution in [0.2, 0.25) is 0 Å². The summed E-state index contributed by atoms with van der Waals surface area (Å²) in [5, 5.41) is 3.16. The van der Waals surface area contributed by atoms with E-state index in [-0.39, 0.29) is 5.75 Å². The molecular formula is C15H23NO3S. The van der Waals surface area contributed by atoms with Gasteiger partial charge in [-0.25, -0.2) is 8.42 Å². The predicted octanol–water partition coefficient (Wildman–Crippen LogP) is 1.58. The topological polar surface area (TPSA) is 55.4 Å². The van der Waals surface area contributed by atoms with Crippen molar-refractivity contribution in [1.82, 2.24) is 5.32 Å². The van der Waals surface area contributed by atoms with Crippen molar-refractivity contribution in [2.24, 2.45) is 0 Å². The maximum absolute atomic E-state index is 12.3. The number of fused-ring (bicyclic) bond motifs is 1. The van der Waals surface area contributed by atoms with E-state index in [4.69, 9.17) is 4.74 Å². The molecule has 0 aromatic heterocycles. The fourth-order valence-corrected chi connectivity index (χ4v) is 3.90. The first-order chi connectivity index (χ1) is 9.63. The molecule has 0 heterocycles. The summed E-state index contributed by atoms with van der Waals surface area (Å²) in [6.45, 7) is 2.11. The molecule has 5 heteroatoms. The minimum atomic E-state index is -3.15. The van der Waals surface area contributed by atoms with E-state index in [0.717, 1.165) is 25.8 Å². The lowest BCUT2D eigenvalue weighted by Gasteiger charge is -2.07.